The molecule has 0 unspecified atom stereocenters. The summed E-state index contributed by atoms with van der Waals surface area (Å²) in [6.45, 7) is 7.37. The van der Waals surface area contributed by atoms with E-state index in [-0.39, 0.29) is 0 Å². The van der Waals surface area contributed by atoms with Gasteiger partial charge in [-0.1, -0.05) is 12.8 Å². The van der Waals surface area contributed by atoms with Crippen LogP contribution in [0.4, 0.5) is 0 Å². The van der Waals surface area contributed by atoms with Crippen molar-refractivity contribution in [3.05, 3.63) is 16.9 Å². The summed E-state index contributed by atoms with van der Waals surface area (Å²) in [6.07, 6.45) is 12.3. The van der Waals surface area contributed by atoms with E-state index in [4.69, 9.17) is 0 Å². The Morgan fingerprint density at radius 3 is 2.33 bits per heavy atom. The second-order valence-electron chi connectivity index (χ2n) is 6.62. The summed E-state index contributed by atoms with van der Waals surface area (Å²) < 4.78 is 3.10. The standard InChI is InChI=1S/C16H27BrN4/c17-16-11-18-21(13-16)14-20-9-5-15(6-10-20)12-19-7-3-1-2-4-8-19/h11,13,15H,1-10,12,14H2. The van der Waals surface area contributed by atoms with Gasteiger partial charge in [0.2, 0.25) is 0 Å². The molecule has 3 heterocycles. The normalized spacial score (nSPS) is 23.3. The number of piperidine rings is 1. The first kappa shape index (κ1) is 15.5. The monoisotopic (exact) mass is 354 g/mol. The highest BCUT2D eigenvalue weighted by Gasteiger charge is 2.22. The van der Waals surface area contributed by atoms with Gasteiger partial charge in [-0.3, -0.25) is 9.58 Å². The third-order valence-electron chi connectivity index (χ3n) is 4.87. The molecule has 2 aliphatic rings. The molecule has 1 aromatic heterocycles. The number of hydrogen-bond donors (Lipinski definition) is 0. The Morgan fingerprint density at radius 1 is 1.00 bits per heavy atom. The summed E-state index contributed by atoms with van der Waals surface area (Å²) in [6, 6.07) is 0. The van der Waals surface area contributed by atoms with E-state index in [2.05, 4.69) is 37.0 Å². The summed E-state index contributed by atoms with van der Waals surface area (Å²) in [5, 5.41) is 4.35. The summed E-state index contributed by atoms with van der Waals surface area (Å²) in [5.41, 5.74) is 0. The molecule has 0 radical (unpaired) electrons. The number of aromatic nitrogens is 2. The van der Waals surface area contributed by atoms with Gasteiger partial charge in [-0.25, -0.2) is 0 Å². The topological polar surface area (TPSA) is 24.3 Å². The fourth-order valence-corrected chi connectivity index (χ4v) is 3.94. The molecule has 0 aromatic carbocycles. The van der Waals surface area contributed by atoms with Crippen LogP contribution < -0.4 is 0 Å². The molecule has 5 heteroatoms. The molecule has 0 amide bonds. The lowest BCUT2D eigenvalue weighted by Crippen LogP contribution is -2.39. The van der Waals surface area contributed by atoms with Gasteiger partial charge in [0.25, 0.3) is 0 Å². The molecule has 2 fully saturated rings. The maximum Gasteiger partial charge on any atom is 0.0929 e. The summed E-state index contributed by atoms with van der Waals surface area (Å²) in [7, 11) is 0. The van der Waals surface area contributed by atoms with Crippen molar-refractivity contribution in [1.29, 1.82) is 0 Å². The van der Waals surface area contributed by atoms with Gasteiger partial charge in [-0.15, -0.1) is 0 Å². The lowest BCUT2D eigenvalue weighted by atomic mass is 9.96. The van der Waals surface area contributed by atoms with Crippen molar-refractivity contribution in [1.82, 2.24) is 19.6 Å². The molecule has 4 nitrogen and oxygen atoms in total. The fraction of sp³-hybridized carbons (Fsp3) is 0.812. The highest BCUT2D eigenvalue weighted by Crippen LogP contribution is 2.21. The van der Waals surface area contributed by atoms with Crippen LogP contribution in [0, 0.1) is 5.92 Å². The maximum atomic E-state index is 4.35. The average molecular weight is 355 g/mol. The van der Waals surface area contributed by atoms with E-state index in [0.29, 0.717) is 0 Å². The van der Waals surface area contributed by atoms with Crippen LogP contribution in [0.25, 0.3) is 0 Å². The molecule has 0 bridgehead atoms. The van der Waals surface area contributed by atoms with Gasteiger partial charge >= 0.3 is 0 Å². The van der Waals surface area contributed by atoms with Crippen LogP contribution in [0.15, 0.2) is 16.9 Å². The van der Waals surface area contributed by atoms with Gasteiger partial charge < -0.3 is 4.90 Å². The molecule has 0 N–H and O–H groups in total. The molecule has 0 spiro atoms. The number of hydrogen-bond acceptors (Lipinski definition) is 3. The number of likely N-dealkylation sites (tertiary alicyclic amines) is 2. The zero-order valence-electron chi connectivity index (χ0n) is 12.9. The van der Waals surface area contributed by atoms with Crippen molar-refractivity contribution in [3.63, 3.8) is 0 Å². The fourth-order valence-electron chi connectivity index (χ4n) is 3.61. The van der Waals surface area contributed by atoms with Gasteiger partial charge in [0.05, 0.1) is 17.3 Å². The largest absolute Gasteiger partial charge is 0.303 e. The van der Waals surface area contributed by atoms with Crippen LogP contribution in [-0.2, 0) is 6.67 Å². The van der Waals surface area contributed by atoms with E-state index in [1.54, 1.807) is 0 Å². The second-order valence-corrected chi connectivity index (χ2v) is 7.53. The minimum atomic E-state index is 0.906. The smallest absolute Gasteiger partial charge is 0.0929 e. The Bertz CT molecular complexity index is 418. The van der Waals surface area contributed by atoms with Gasteiger partial charge in [0, 0.05) is 25.8 Å². The van der Waals surface area contributed by atoms with Gasteiger partial charge in [-0.05, 0) is 60.6 Å². The molecular weight excluding hydrogens is 328 g/mol. The molecule has 0 aliphatic carbocycles. The molecular formula is C16H27BrN4. The highest BCUT2D eigenvalue weighted by molar-refractivity contribution is 9.10. The lowest BCUT2D eigenvalue weighted by Gasteiger charge is -2.34. The quantitative estimate of drug-likeness (QED) is 0.829. The van der Waals surface area contributed by atoms with Crippen LogP contribution in [0.5, 0.6) is 0 Å². The predicted octanol–water partition coefficient (Wildman–Crippen LogP) is 3.19. The molecule has 1 aromatic rings. The number of nitrogens with zero attached hydrogens (tertiary/aromatic N) is 4. The molecule has 0 saturated carbocycles. The third-order valence-corrected chi connectivity index (χ3v) is 5.28. The van der Waals surface area contributed by atoms with E-state index in [1.165, 1.54) is 71.2 Å². The van der Waals surface area contributed by atoms with Crippen LogP contribution in [0.2, 0.25) is 0 Å². The molecule has 3 rings (SSSR count). The molecule has 2 saturated heterocycles. The van der Waals surface area contributed by atoms with E-state index in [9.17, 15) is 0 Å². The number of rotatable bonds is 4. The highest BCUT2D eigenvalue weighted by atomic mass is 79.9. The van der Waals surface area contributed by atoms with Crippen molar-refractivity contribution in [3.8, 4) is 0 Å². The van der Waals surface area contributed by atoms with E-state index in [1.807, 2.05) is 10.9 Å². The first-order valence-electron chi connectivity index (χ1n) is 8.42. The van der Waals surface area contributed by atoms with Crippen molar-refractivity contribution >= 4 is 15.9 Å². The van der Waals surface area contributed by atoms with E-state index in [0.717, 1.165) is 17.1 Å². The van der Waals surface area contributed by atoms with Crippen molar-refractivity contribution in [2.45, 2.75) is 45.2 Å². The minimum absolute atomic E-state index is 0.906. The summed E-state index contributed by atoms with van der Waals surface area (Å²) in [4.78, 5) is 5.25. The number of halogens is 1. The third kappa shape index (κ3) is 4.80. The zero-order chi connectivity index (χ0) is 14.5. The van der Waals surface area contributed by atoms with Gasteiger partial charge in [0.15, 0.2) is 0 Å². The Morgan fingerprint density at radius 2 is 1.71 bits per heavy atom. The Labute approximate surface area is 136 Å². The van der Waals surface area contributed by atoms with Crippen LogP contribution >= 0.6 is 15.9 Å². The Balaban J connectivity index is 1.40. The Hall–Kier alpha value is -0.390. The van der Waals surface area contributed by atoms with Crippen LogP contribution in [0.3, 0.4) is 0 Å². The minimum Gasteiger partial charge on any atom is -0.303 e. The molecule has 2 aliphatic heterocycles. The summed E-state index contributed by atoms with van der Waals surface area (Å²) in [5.74, 6) is 0.906. The van der Waals surface area contributed by atoms with E-state index >= 15 is 0 Å². The second kappa shape index (κ2) is 7.75. The summed E-state index contributed by atoms with van der Waals surface area (Å²) >= 11 is 3.46. The first-order valence-corrected chi connectivity index (χ1v) is 9.21. The maximum absolute atomic E-state index is 4.35. The van der Waals surface area contributed by atoms with Crippen molar-refractivity contribution in [2.75, 3.05) is 32.7 Å². The predicted molar refractivity (Wildman–Crippen MR) is 89.1 cm³/mol. The zero-order valence-corrected chi connectivity index (χ0v) is 14.5. The molecule has 118 valence electrons. The molecule has 21 heavy (non-hydrogen) atoms. The lowest BCUT2D eigenvalue weighted by molar-refractivity contribution is 0.117. The average Bonchev–Trinajstić information content (AvgIpc) is 2.74. The van der Waals surface area contributed by atoms with Gasteiger partial charge in [-0.2, -0.15) is 5.10 Å². The Kier molecular flexibility index (Phi) is 5.72. The van der Waals surface area contributed by atoms with Gasteiger partial charge in [0.1, 0.15) is 0 Å². The van der Waals surface area contributed by atoms with Crippen molar-refractivity contribution < 1.29 is 0 Å². The first-order chi connectivity index (χ1) is 10.3. The van der Waals surface area contributed by atoms with Crippen molar-refractivity contribution in [2.24, 2.45) is 5.92 Å². The van der Waals surface area contributed by atoms with Crippen LogP contribution in [-0.4, -0.2) is 52.3 Å². The SMILES string of the molecule is Brc1cnn(CN2CCC(CN3CCCCCC3)CC2)c1. The van der Waals surface area contributed by atoms with Crippen LogP contribution in [0.1, 0.15) is 38.5 Å². The van der Waals surface area contributed by atoms with E-state index < -0.39 is 0 Å². The molecule has 0 atom stereocenters.